The lowest BCUT2D eigenvalue weighted by atomic mass is 9.84. The van der Waals surface area contributed by atoms with Crippen LogP contribution in [0.25, 0.3) is 10.9 Å². The Morgan fingerprint density at radius 2 is 1.88 bits per heavy atom. The van der Waals surface area contributed by atoms with Crippen LogP contribution in [0.1, 0.15) is 18.5 Å². The van der Waals surface area contributed by atoms with Gasteiger partial charge in [-0.05, 0) is 24.3 Å². The molecule has 1 aromatic carbocycles. The molecule has 9 nitrogen and oxygen atoms in total. The van der Waals surface area contributed by atoms with E-state index in [0.717, 1.165) is 18.3 Å². The van der Waals surface area contributed by atoms with Crippen molar-refractivity contribution in [2.24, 2.45) is 10.7 Å². The normalized spacial score (nSPS) is 19.5. The van der Waals surface area contributed by atoms with Crippen molar-refractivity contribution in [2.75, 3.05) is 12.0 Å². The van der Waals surface area contributed by atoms with E-state index in [9.17, 15) is 43.9 Å². The molecule has 2 atom stereocenters. The number of amidine groups is 1. The van der Waals surface area contributed by atoms with Crippen molar-refractivity contribution < 1.29 is 58.5 Å². The Labute approximate surface area is 216 Å². The molecular weight excluding hydrogens is 574 g/mol. The van der Waals surface area contributed by atoms with Gasteiger partial charge in [0.05, 0.1) is 0 Å². The number of hydrogen-bond donors (Lipinski definition) is 3. The number of ether oxygens (including phenoxy) is 1. The first-order valence-electron chi connectivity index (χ1n) is 10.6. The minimum atomic E-state index is -5.08. The molecule has 0 radical (unpaired) electrons. The topological polar surface area (TPSA) is 128 Å². The van der Waals surface area contributed by atoms with Gasteiger partial charge in [0.2, 0.25) is 0 Å². The fraction of sp³-hybridized carbons (Fsp3) is 0.333. The molecule has 0 bridgehead atoms. The molecule has 3 heterocycles. The van der Waals surface area contributed by atoms with Crippen molar-refractivity contribution in [1.82, 2.24) is 14.8 Å². The molecule has 1 aliphatic rings. The van der Waals surface area contributed by atoms with Crippen LogP contribution >= 0.6 is 0 Å². The summed E-state index contributed by atoms with van der Waals surface area (Å²) in [6, 6.07) is 3.68. The summed E-state index contributed by atoms with van der Waals surface area (Å²) in [6.45, 7) is -4.39. The van der Waals surface area contributed by atoms with Crippen LogP contribution in [0.15, 0.2) is 41.7 Å². The second-order valence-electron chi connectivity index (χ2n) is 8.07. The zero-order valence-electron chi connectivity index (χ0n) is 19.4. The summed E-state index contributed by atoms with van der Waals surface area (Å²) in [7, 11) is 0. The summed E-state index contributed by atoms with van der Waals surface area (Å²) in [5, 5.41) is 13.9. The summed E-state index contributed by atoms with van der Waals surface area (Å²) in [4.78, 5) is 16.6. The number of aromatic nitrogens is 3. The number of fused-ring (bicyclic) bond motifs is 1. The number of carboxylic acid groups (broad SMARTS) is 1. The van der Waals surface area contributed by atoms with Gasteiger partial charge in [-0.2, -0.15) is 40.2 Å². The number of carbonyl (C=O) groups is 1. The Kier molecular flexibility index (Phi) is 8.35. The Morgan fingerprint density at radius 1 is 1.23 bits per heavy atom. The summed E-state index contributed by atoms with van der Waals surface area (Å²) in [5.41, 5.74) is 2.70. The van der Waals surface area contributed by atoms with Gasteiger partial charge in [-0.25, -0.2) is 28.2 Å². The van der Waals surface area contributed by atoms with Crippen LogP contribution in [-0.4, -0.2) is 57.0 Å². The summed E-state index contributed by atoms with van der Waals surface area (Å²) >= 11 is 0. The molecule has 0 aliphatic carbocycles. The van der Waals surface area contributed by atoms with Crippen LogP contribution in [-0.2, 0) is 15.1 Å². The van der Waals surface area contributed by atoms with Gasteiger partial charge in [0.1, 0.15) is 23.5 Å². The van der Waals surface area contributed by atoms with E-state index in [0.29, 0.717) is 10.1 Å². The lowest BCUT2D eigenvalue weighted by Gasteiger charge is -2.36. The Hall–Kier alpha value is -4.32. The van der Waals surface area contributed by atoms with E-state index in [2.05, 4.69) is 25.1 Å². The number of aliphatic carboxylic acids is 1. The van der Waals surface area contributed by atoms with Crippen molar-refractivity contribution in [2.45, 2.75) is 37.0 Å². The van der Waals surface area contributed by atoms with Crippen LogP contribution in [0, 0.1) is 5.82 Å². The number of nitrogens with two attached hydrogens (primary N) is 1. The average molecular weight is 590 g/mol. The SMILES string of the molecule is NC1=N[C@](CF)(c2cc(Nc3nccc4cn(C(F)F)nc34)ccc2F)C[C@@H](C(F)(F)F)O1.O=C(O)C(F)(F)F. The molecule has 0 saturated heterocycles. The molecule has 40 heavy (non-hydrogen) atoms. The molecule has 0 amide bonds. The fourth-order valence-electron chi connectivity index (χ4n) is 3.54. The molecule has 3 aromatic rings. The third-order valence-corrected chi connectivity index (χ3v) is 5.31. The number of pyridine rings is 1. The minimum absolute atomic E-state index is 0.0157. The van der Waals surface area contributed by atoms with Gasteiger partial charge in [-0.3, -0.25) is 0 Å². The molecule has 4 rings (SSSR count). The highest BCUT2D eigenvalue weighted by Gasteiger charge is 2.52. The standard InChI is InChI=1S/C19H15F7N6O.C2HF3O2/c20-8-18(6-13(19(24,25)26)33-17(27)30-18)11-5-10(1-2-12(11)21)29-15-14-9(3-4-28-15)7-32(31-14)16(22)23;3-2(4,5)1(6)7/h1-5,7,13,16H,6,8H2,(H2,27,30)(H,28,29);(H,6,7)/t13-,18+;/m0./s1. The van der Waals surface area contributed by atoms with Gasteiger partial charge >= 0.3 is 24.9 Å². The van der Waals surface area contributed by atoms with Crippen LogP contribution in [0.3, 0.4) is 0 Å². The highest BCUT2D eigenvalue weighted by Crippen LogP contribution is 2.42. The highest BCUT2D eigenvalue weighted by atomic mass is 19.4. The first-order valence-corrected chi connectivity index (χ1v) is 10.6. The van der Waals surface area contributed by atoms with Crippen molar-refractivity contribution in [3.05, 3.63) is 48.0 Å². The average Bonchev–Trinajstić information content (AvgIpc) is 3.30. The first kappa shape index (κ1) is 30.2. The van der Waals surface area contributed by atoms with Gasteiger partial charge in [0.25, 0.3) is 6.02 Å². The van der Waals surface area contributed by atoms with Crippen LogP contribution < -0.4 is 11.1 Å². The highest BCUT2D eigenvalue weighted by molar-refractivity contribution is 5.89. The lowest BCUT2D eigenvalue weighted by molar-refractivity contribution is -0.209. The molecule has 1 aliphatic heterocycles. The Balaban J connectivity index is 0.000000559. The molecule has 4 N–H and O–H groups in total. The first-order chi connectivity index (χ1) is 18.5. The third kappa shape index (κ3) is 6.63. The van der Waals surface area contributed by atoms with E-state index in [1.807, 2.05) is 0 Å². The monoisotopic (exact) mass is 590 g/mol. The van der Waals surface area contributed by atoms with E-state index in [4.69, 9.17) is 15.6 Å². The number of anilines is 2. The van der Waals surface area contributed by atoms with Crippen LogP contribution in [0.4, 0.5) is 55.4 Å². The van der Waals surface area contributed by atoms with Crippen LogP contribution in [0.2, 0.25) is 0 Å². The smallest absolute Gasteiger partial charge is 0.475 e. The van der Waals surface area contributed by atoms with E-state index in [-0.39, 0.29) is 17.0 Å². The maximum absolute atomic E-state index is 14.7. The number of nitrogens with zero attached hydrogens (tertiary/aromatic N) is 4. The molecule has 19 heteroatoms. The molecule has 0 fully saturated rings. The summed E-state index contributed by atoms with van der Waals surface area (Å²) < 4.78 is 131. The van der Waals surface area contributed by atoms with Crippen molar-refractivity contribution >= 4 is 34.4 Å². The Morgan fingerprint density at radius 3 is 2.42 bits per heavy atom. The van der Waals surface area contributed by atoms with E-state index in [1.165, 1.54) is 18.3 Å². The number of alkyl halides is 9. The Bertz CT molecular complexity index is 1410. The van der Waals surface area contributed by atoms with Gasteiger partial charge in [0.15, 0.2) is 11.9 Å². The number of halogens is 10. The largest absolute Gasteiger partial charge is 0.490 e. The van der Waals surface area contributed by atoms with Crippen molar-refractivity contribution in [3.8, 4) is 0 Å². The van der Waals surface area contributed by atoms with Gasteiger partial charge in [0, 0.05) is 35.5 Å². The second kappa shape index (κ2) is 11.0. The molecule has 0 unspecified atom stereocenters. The molecule has 0 saturated carbocycles. The van der Waals surface area contributed by atoms with Gasteiger partial charge in [-0.15, -0.1) is 0 Å². The van der Waals surface area contributed by atoms with E-state index < -0.39 is 67.0 Å². The lowest BCUT2D eigenvalue weighted by Crippen LogP contribution is -2.48. The van der Waals surface area contributed by atoms with Crippen molar-refractivity contribution in [1.29, 1.82) is 0 Å². The van der Waals surface area contributed by atoms with Crippen LogP contribution in [0.5, 0.6) is 0 Å². The minimum Gasteiger partial charge on any atom is -0.475 e. The number of rotatable bonds is 5. The van der Waals surface area contributed by atoms with E-state index in [1.54, 1.807) is 0 Å². The molecule has 218 valence electrons. The second-order valence-corrected chi connectivity index (χ2v) is 8.07. The zero-order chi connectivity index (χ0) is 30.0. The number of aliphatic imine (C=N–C) groups is 1. The zero-order valence-corrected chi connectivity index (χ0v) is 19.4. The predicted molar refractivity (Wildman–Crippen MR) is 117 cm³/mol. The summed E-state index contributed by atoms with van der Waals surface area (Å²) in [5.74, 6) is -3.76. The van der Waals surface area contributed by atoms with Gasteiger partial charge in [-0.1, -0.05) is 0 Å². The number of hydrogen-bond acceptors (Lipinski definition) is 7. The predicted octanol–water partition coefficient (Wildman–Crippen LogP) is 5.17. The quantitative estimate of drug-likeness (QED) is 0.350. The number of nitrogens with one attached hydrogen (secondary N) is 1. The fourth-order valence-corrected chi connectivity index (χ4v) is 3.54. The van der Waals surface area contributed by atoms with Gasteiger partial charge < -0.3 is 20.9 Å². The van der Waals surface area contributed by atoms with E-state index >= 15 is 0 Å². The maximum Gasteiger partial charge on any atom is 0.490 e. The number of benzene rings is 1. The molecular formula is C21H16F10N6O3. The third-order valence-electron chi connectivity index (χ3n) is 5.31. The summed E-state index contributed by atoms with van der Waals surface area (Å²) in [6.07, 6.45) is -11.1. The number of carboxylic acids is 1. The molecule has 2 aromatic heterocycles. The maximum atomic E-state index is 14.7. The molecule has 0 spiro atoms. The van der Waals surface area contributed by atoms with Crippen molar-refractivity contribution in [3.63, 3.8) is 0 Å².